The standard InChI is InChI=1S/C25H30N4O10/c26-17(12-30)22(35)27-18(9-13-1-5-15(31)6-2-13)23(36)28-19(10-14-3-7-16(32)8-4-14)24(37)29-20(25(38)39)11-21(33)34/h1-8,17-20,30-32H,9-12,26H2,(H,27,35)(H,28,36)(H,29,37)(H,33,34)(H,38,39). The zero-order valence-corrected chi connectivity index (χ0v) is 20.6. The van der Waals surface area contributed by atoms with E-state index in [0.717, 1.165) is 0 Å². The van der Waals surface area contributed by atoms with Gasteiger partial charge in [0.05, 0.1) is 13.0 Å². The summed E-state index contributed by atoms with van der Waals surface area (Å²) in [4.78, 5) is 61.2. The van der Waals surface area contributed by atoms with E-state index in [1.807, 2.05) is 0 Å². The van der Waals surface area contributed by atoms with Gasteiger partial charge >= 0.3 is 11.9 Å². The number of carbonyl (C=O) groups is 5. The van der Waals surface area contributed by atoms with E-state index in [2.05, 4.69) is 16.0 Å². The predicted octanol–water partition coefficient (Wildman–Crippen LogP) is -1.78. The maximum atomic E-state index is 13.3. The van der Waals surface area contributed by atoms with E-state index >= 15 is 0 Å². The van der Waals surface area contributed by atoms with Crippen molar-refractivity contribution in [1.82, 2.24) is 16.0 Å². The van der Waals surface area contributed by atoms with Gasteiger partial charge in [-0.25, -0.2) is 4.79 Å². The lowest BCUT2D eigenvalue weighted by molar-refractivity contribution is -0.147. The van der Waals surface area contributed by atoms with Gasteiger partial charge in [-0.1, -0.05) is 24.3 Å². The van der Waals surface area contributed by atoms with Gasteiger partial charge in [-0.15, -0.1) is 0 Å². The van der Waals surface area contributed by atoms with Crippen molar-refractivity contribution in [2.24, 2.45) is 5.73 Å². The number of amides is 3. The van der Waals surface area contributed by atoms with Crippen LogP contribution in [-0.4, -0.2) is 86.0 Å². The Balaban J connectivity index is 2.34. The predicted molar refractivity (Wildman–Crippen MR) is 134 cm³/mol. The van der Waals surface area contributed by atoms with Crippen LogP contribution in [0.15, 0.2) is 48.5 Å². The highest BCUT2D eigenvalue weighted by atomic mass is 16.4. The molecule has 0 heterocycles. The number of hydrogen-bond acceptors (Lipinski definition) is 9. The number of phenols is 2. The van der Waals surface area contributed by atoms with Crippen molar-refractivity contribution in [1.29, 1.82) is 0 Å². The molecule has 0 saturated heterocycles. The van der Waals surface area contributed by atoms with Crippen LogP contribution in [0.25, 0.3) is 0 Å². The molecule has 2 rings (SSSR count). The summed E-state index contributed by atoms with van der Waals surface area (Å²) in [6, 6.07) is 5.44. The summed E-state index contributed by atoms with van der Waals surface area (Å²) in [5.74, 6) is -5.91. The first-order valence-electron chi connectivity index (χ1n) is 11.7. The van der Waals surface area contributed by atoms with Crippen LogP contribution in [0.3, 0.4) is 0 Å². The number of nitrogens with two attached hydrogens (primary N) is 1. The minimum absolute atomic E-state index is 0.0360. The largest absolute Gasteiger partial charge is 0.508 e. The smallest absolute Gasteiger partial charge is 0.326 e. The van der Waals surface area contributed by atoms with Crippen molar-refractivity contribution in [2.75, 3.05) is 6.61 Å². The number of phenolic OH excluding ortho intramolecular Hbond substituents is 2. The number of nitrogens with one attached hydrogen (secondary N) is 3. The zero-order chi connectivity index (χ0) is 29.1. The van der Waals surface area contributed by atoms with Crippen molar-refractivity contribution in [3.63, 3.8) is 0 Å². The molecule has 14 nitrogen and oxygen atoms in total. The Labute approximate surface area is 222 Å². The Morgan fingerprint density at radius 2 is 1.05 bits per heavy atom. The van der Waals surface area contributed by atoms with Crippen LogP contribution >= 0.6 is 0 Å². The van der Waals surface area contributed by atoms with Gasteiger partial charge in [0, 0.05) is 12.8 Å². The molecule has 0 aliphatic rings. The zero-order valence-electron chi connectivity index (χ0n) is 20.6. The number of benzene rings is 2. The van der Waals surface area contributed by atoms with Crippen molar-refractivity contribution in [2.45, 2.75) is 43.4 Å². The Bertz CT molecular complexity index is 1170. The normalized spacial score (nSPS) is 13.8. The van der Waals surface area contributed by atoms with E-state index in [1.165, 1.54) is 48.5 Å². The molecule has 0 saturated carbocycles. The molecule has 0 aliphatic carbocycles. The van der Waals surface area contributed by atoms with E-state index in [1.54, 1.807) is 0 Å². The van der Waals surface area contributed by atoms with Crippen LogP contribution in [0.5, 0.6) is 11.5 Å². The maximum Gasteiger partial charge on any atom is 0.326 e. The average Bonchev–Trinajstić information content (AvgIpc) is 2.88. The van der Waals surface area contributed by atoms with Crippen molar-refractivity contribution >= 4 is 29.7 Å². The van der Waals surface area contributed by atoms with Gasteiger partial charge in [-0.2, -0.15) is 0 Å². The van der Waals surface area contributed by atoms with Crippen LogP contribution in [0, 0.1) is 0 Å². The number of carboxylic acids is 2. The number of aliphatic hydroxyl groups is 1. The molecule has 0 aromatic heterocycles. The number of carbonyl (C=O) groups excluding carboxylic acids is 3. The molecule has 0 spiro atoms. The molecule has 39 heavy (non-hydrogen) atoms. The monoisotopic (exact) mass is 546 g/mol. The summed E-state index contributed by atoms with van der Waals surface area (Å²) in [5, 5.41) is 53.5. The molecule has 14 heteroatoms. The van der Waals surface area contributed by atoms with E-state index in [0.29, 0.717) is 11.1 Å². The number of aliphatic carboxylic acids is 2. The van der Waals surface area contributed by atoms with Crippen LogP contribution in [-0.2, 0) is 36.8 Å². The third-order valence-corrected chi connectivity index (χ3v) is 5.55. The van der Waals surface area contributed by atoms with E-state index in [-0.39, 0.29) is 24.3 Å². The van der Waals surface area contributed by atoms with E-state index in [9.17, 15) is 44.4 Å². The van der Waals surface area contributed by atoms with Gasteiger partial charge in [0.2, 0.25) is 17.7 Å². The lowest BCUT2D eigenvalue weighted by atomic mass is 10.0. The highest BCUT2D eigenvalue weighted by Gasteiger charge is 2.31. The highest BCUT2D eigenvalue weighted by Crippen LogP contribution is 2.14. The Morgan fingerprint density at radius 1 is 0.667 bits per heavy atom. The molecule has 0 aliphatic heterocycles. The number of aromatic hydroxyl groups is 2. The average molecular weight is 547 g/mol. The molecule has 4 atom stereocenters. The molecular formula is C25H30N4O10. The molecule has 3 amide bonds. The Morgan fingerprint density at radius 3 is 1.41 bits per heavy atom. The van der Waals surface area contributed by atoms with E-state index < -0.39 is 66.9 Å². The summed E-state index contributed by atoms with van der Waals surface area (Å²) in [5.41, 5.74) is 6.52. The second-order valence-electron chi connectivity index (χ2n) is 8.65. The molecular weight excluding hydrogens is 516 g/mol. The van der Waals surface area contributed by atoms with Crippen LogP contribution in [0.2, 0.25) is 0 Å². The van der Waals surface area contributed by atoms with Gasteiger partial charge in [-0.05, 0) is 35.4 Å². The topological polar surface area (TPSA) is 249 Å². The quantitative estimate of drug-likeness (QED) is 0.128. The van der Waals surface area contributed by atoms with Crippen molar-refractivity contribution < 1.29 is 49.5 Å². The van der Waals surface area contributed by atoms with E-state index in [4.69, 9.17) is 10.8 Å². The molecule has 0 radical (unpaired) electrons. The third kappa shape index (κ3) is 9.94. The number of aliphatic hydroxyl groups excluding tert-OH is 1. The SMILES string of the molecule is NC(CO)C(=O)NC(Cc1ccc(O)cc1)C(=O)NC(Cc1ccc(O)cc1)C(=O)NC(CC(=O)O)C(=O)O. The Hall–Kier alpha value is -4.69. The van der Waals surface area contributed by atoms with Gasteiger partial charge in [0.15, 0.2) is 0 Å². The van der Waals surface area contributed by atoms with Crippen LogP contribution < -0.4 is 21.7 Å². The molecule has 4 unspecified atom stereocenters. The second-order valence-corrected chi connectivity index (χ2v) is 8.65. The molecule has 210 valence electrons. The van der Waals surface area contributed by atoms with Crippen molar-refractivity contribution in [3.05, 3.63) is 59.7 Å². The van der Waals surface area contributed by atoms with Crippen molar-refractivity contribution in [3.8, 4) is 11.5 Å². The first-order valence-corrected chi connectivity index (χ1v) is 11.7. The lowest BCUT2D eigenvalue weighted by Crippen LogP contribution is -2.58. The fourth-order valence-electron chi connectivity index (χ4n) is 3.44. The Kier molecular flexibility index (Phi) is 11.2. The summed E-state index contributed by atoms with van der Waals surface area (Å²) in [7, 11) is 0. The van der Waals surface area contributed by atoms with Gasteiger partial charge in [0.25, 0.3) is 0 Å². The molecule has 2 aromatic carbocycles. The fraction of sp³-hybridized carbons (Fsp3) is 0.320. The maximum absolute atomic E-state index is 13.3. The summed E-state index contributed by atoms with van der Waals surface area (Å²) in [6.07, 6.45) is -1.22. The number of rotatable bonds is 14. The minimum atomic E-state index is -1.79. The highest BCUT2D eigenvalue weighted by molar-refractivity contribution is 5.95. The molecule has 2 aromatic rings. The molecule has 0 bridgehead atoms. The second kappa shape index (κ2) is 14.3. The van der Waals surface area contributed by atoms with Gasteiger partial charge in [0.1, 0.15) is 35.7 Å². The first kappa shape index (κ1) is 30.5. The minimum Gasteiger partial charge on any atom is -0.508 e. The van der Waals surface area contributed by atoms with Gasteiger partial charge < -0.3 is 47.2 Å². The molecule has 0 fully saturated rings. The summed E-state index contributed by atoms with van der Waals surface area (Å²) >= 11 is 0. The summed E-state index contributed by atoms with van der Waals surface area (Å²) < 4.78 is 0. The van der Waals surface area contributed by atoms with Gasteiger partial charge in [-0.3, -0.25) is 19.2 Å². The fourth-order valence-corrected chi connectivity index (χ4v) is 3.44. The third-order valence-electron chi connectivity index (χ3n) is 5.55. The van der Waals surface area contributed by atoms with Crippen LogP contribution in [0.1, 0.15) is 17.5 Å². The number of hydrogen-bond donors (Lipinski definition) is 9. The first-order chi connectivity index (χ1) is 18.4. The number of carboxylic acid groups (broad SMARTS) is 2. The molecule has 10 N–H and O–H groups in total. The lowest BCUT2D eigenvalue weighted by Gasteiger charge is -2.25. The van der Waals surface area contributed by atoms with Crippen LogP contribution in [0.4, 0.5) is 0 Å². The summed E-state index contributed by atoms with van der Waals surface area (Å²) in [6.45, 7) is -0.703.